The molecule has 0 aromatic heterocycles. The largest absolute Gasteiger partial charge is 0.497 e. The maximum Gasteiger partial charge on any atom is 0.310 e. The number of esters is 1. The summed E-state index contributed by atoms with van der Waals surface area (Å²) >= 11 is 0. The Hall–Kier alpha value is -2.04. The maximum absolute atomic E-state index is 12.1. The van der Waals surface area contributed by atoms with E-state index in [1.54, 1.807) is 26.0 Å². The minimum atomic E-state index is -0.382. The molecule has 0 spiro atoms. The Kier molecular flexibility index (Phi) is 6.03. The molecule has 0 heterocycles. The van der Waals surface area contributed by atoms with Crippen molar-refractivity contribution in [2.45, 2.75) is 26.7 Å². The molecule has 0 unspecified atom stereocenters. The number of hydrogen-bond acceptors (Lipinski definition) is 5. The third kappa shape index (κ3) is 3.73. The summed E-state index contributed by atoms with van der Waals surface area (Å²) in [6, 6.07) is 3.31. The van der Waals surface area contributed by atoms with Gasteiger partial charge in [0.2, 0.25) is 0 Å². The Balaban J connectivity index is 3.28. The van der Waals surface area contributed by atoms with Crippen LogP contribution in [-0.2, 0) is 16.0 Å². The Morgan fingerprint density at radius 3 is 2.30 bits per heavy atom. The van der Waals surface area contributed by atoms with E-state index in [0.29, 0.717) is 35.7 Å². The summed E-state index contributed by atoms with van der Waals surface area (Å²) in [7, 11) is 3.00. The highest BCUT2D eigenvalue weighted by molar-refractivity contribution is 6.01. The average molecular weight is 280 g/mol. The second-order valence-corrected chi connectivity index (χ2v) is 4.12. The molecule has 20 heavy (non-hydrogen) atoms. The van der Waals surface area contributed by atoms with Gasteiger partial charge in [0.15, 0.2) is 5.78 Å². The van der Waals surface area contributed by atoms with Gasteiger partial charge in [-0.25, -0.2) is 0 Å². The highest BCUT2D eigenvalue weighted by Gasteiger charge is 2.20. The Morgan fingerprint density at radius 2 is 1.80 bits per heavy atom. The van der Waals surface area contributed by atoms with E-state index < -0.39 is 0 Å². The van der Waals surface area contributed by atoms with Gasteiger partial charge >= 0.3 is 5.97 Å². The van der Waals surface area contributed by atoms with Gasteiger partial charge in [-0.05, 0) is 18.6 Å². The lowest BCUT2D eigenvalue weighted by atomic mass is 9.98. The van der Waals surface area contributed by atoms with Gasteiger partial charge in [-0.2, -0.15) is 0 Å². The van der Waals surface area contributed by atoms with Crippen LogP contribution in [0.3, 0.4) is 0 Å². The zero-order valence-corrected chi connectivity index (χ0v) is 12.3. The molecule has 0 aliphatic carbocycles. The van der Waals surface area contributed by atoms with Crippen LogP contribution < -0.4 is 9.47 Å². The van der Waals surface area contributed by atoms with E-state index in [0.717, 1.165) is 0 Å². The molecule has 1 aromatic carbocycles. The van der Waals surface area contributed by atoms with Crippen LogP contribution in [0.25, 0.3) is 0 Å². The van der Waals surface area contributed by atoms with Gasteiger partial charge in [0.05, 0.1) is 32.8 Å². The topological polar surface area (TPSA) is 61.8 Å². The van der Waals surface area contributed by atoms with E-state index in [4.69, 9.17) is 14.2 Å². The van der Waals surface area contributed by atoms with Crippen LogP contribution in [0.1, 0.15) is 36.2 Å². The number of hydrogen-bond donors (Lipinski definition) is 0. The van der Waals surface area contributed by atoms with Gasteiger partial charge in [0.1, 0.15) is 11.5 Å². The third-order valence-corrected chi connectivity index (χ3v) is 2.85. The lowest BCUT2D eigenvalue weighted by Crippen LogP contribution is -2.13. The van der Waals surface area contributed by atoms with Crippen LogP contribution in [0.5, 0.6) is 11.5 Å². The molecule has 0 aliphatic heterocycles. The molecule has 0 saturated heterocycles. The van der Waals surface area contributed by atoms with E-state index in [9.17, 15) is 9.59 Å². The molecule has 5 nitrogen and oxygen atoms in total. The molecule has 0 fully saturated rings. The number of rotatable bonds is 7. The van der Waals surface area contributed by atoms with Gasteiger partial charge in [-0.3, -0.25) is 9.59 Å². The van der Waals surface area contributed by atoms with Crippen molar-refractivity contribution in [2.75, 3.05) is 20.8 Å². The summed E-state index contributed by atoms with van der Waals surface area (Å²) in [5.74, 6) is 0.487. The molecule has 0 amide bonds. The summed E-state index contributed by atoms with van der Waals surface area (Å²) in [6.45, 7) is 3.80. The Morgan fingerprint density at radius 1 is 1.10 bits per heavy atom. The molecule has 5 heteroatoms. The number of ketones is 1. The van der Waals surface area contributed by atoms with Crippen molar-refractivity contribution in [2.24, 2.45) is 0 Å². The number of benzene rings is 1. The molecule has 1 aromatic rings. The van der Waals surface area contributed by atoms with Crippen molar-refractivity contribution in [3.63, 3.8) is 0 Å². The predicted molar refractivity (Wildman–Crippen MR) is 74.5 cm³/mol. The zero-order chi connectivity index (χ0) is 15.1. The Bertz CT molecular complexity index is 493. The second kappa shape index (κ2) is 7.53. The van der Waals surface area contributed by atoms with Gasteiger partial charge in [-0.15, -0.1) is 0 Å². The van der Waals surface area contributed by atoms with Crippen molar-refractivity contribution in [1.29, 1.82) is 0 Å². The van der Waals surface area contributed by atoms with Crippen molar-refractivity contribution in [1.82, 2.24) is 0 Å². The quantitative estimate of drug-likeness (QED) is 0.567. The normalized spacial score (nSPS) is 10.0. The number of Topliss-reactive ketones (excluding diaryl/α,β-unsaturated/α-hetero) is 1. The maximum atomic E-state index is 12.1. The SMILES string of the molecule is CCOC(=O)Cc1cc(OC)cc(OC)c1C(=O)CC. The van der Waals surface area contributed by atoms with Crippen LogP contribution in [0.15, 0.2) is 12.1 Å². The summed E-state index contributed by atoms with van der Waals surface area (Å²) in [5.41, 5.74) is 0.982. The van der Waals surface area contributed by atoms with Crippen LogP contribution in [0.4, 0.5) is 0 Å². The van der Waals surface area contributed by atoms with E-state index in [-0.39, 0.29) is 18.2 Å². The standard InChI is InChI=1S/C15H20O5/c1-5-12(16)15-10(8-14(17)20-6-2)7-11(18-3)9-13(15)19-4/h7,9H,5-6,8H2,1-4H3. The van der Waals surface area contributed by atoms with Crippen LogP contribution in [0.2, 0.25) is 0 Å². The van der Waals surface area contributed by atoms with Crippen molar-refractivity contribution >= 4 is 11.8 Å². The van der Waals surface area contributed by atoms with E-state index in [1.165, 1.54) is 14.2 Å². The molecule has 110 valence electrons. The van der Waals surface area contributed by atoms with E-state index in [1.807, 2.05) is 0 Å². The number of carbonyl (C=O) groups is 2. The van der Waals surface area contributed by atoms with Crippen molar-refractivity contribution < 1.29 is 23.8 Å². The van der Waals surface area contributed by atoms with Crippen LogP contribution >= 0.6 is 0 Å². The zero-order valence-electron chi connectivity index (χ0n) is 12.3. The number of carbonyl (C=O) groups excluding carboxylic acids is 2. The van der Waals surface area contributed by atoms with E-state index >= 15 is 0 Å². The van der Waals surface area contributed by atoms with Gasteiger partial charge in [0.25, 0.3) is 0 Å². The van der Waals surface area contributed by atoms with Gasteiger partial charge in [-0.1, -0.05) is 6.92 Å². The summed E-state index contributed by atoms with van der Waals surface area (Å²) < 4.78 is 15.3. The van der Waals surface area contributed by atoms with Crippen LogP contribution in [-0.4, -0.2) is 32.6 Å². The first-order chi connectivity index (χ1) is 9.57. The number of methoxy groups -OCH3 is 2. The average Bonchev–Trinajstić information content (AvgIpc) is 2.45. The smallest absolute Gasteiger partial charge is 0.310 e. The Labute approximate surface area is 118 Å². The third-order valence-electron chi connectivity index (χ3n) is 2.85. The fourth-order valence-electron chi connectivity index (χ4n) is 1.92. The van der Waals surface area contributed by atoms with Gasteiger partial charge in [0, 0.05) is 12.5 Å². The van der Waals surface area contributed by atoms with E-state index in [2.05, 4.69) is 0 Å². The summed E-state index contributed by atoms with van der Waals surface area (Å²) in [6.07, 6.45) is 0.348. The van der Waals surface area contributed by atoms with Crippen molar-refractivity contribution in [3.8, 4) is 11.5 Å². The first-order valence-electron chi connectivity index (χ1n) is 6.51. The molecule has 0 N–H and O–H groups in total. The molecule has 0 bridgehead atoms. The lowest BCUT2D eigenvalue weighted by molar-refractivity contribution is -0.142. The first kappa shape index (κ1) is 16.0. The molecular formula is C15H20O5. The van der Waals surface area contributed by atoms with Gasteiger partial charge < -0.3 is 14.2 Å². The van der Waals surface area contributed by atoms with Crippen LogP contribution in [0, 0.1) is 0 Å². The second-order valence-electron chi connectivity index (χ2n) is 4.12. The monoisotopic (exact) mass is 280 g/mol. The molecule has 0 aliphatic rings. The molecular weight excluding hydrogens is 260 g/mol. The summed E-state index contributed by atoms with van der Waals surface area (Å²) in [4.78, 5) is 23.7. The molecule has 0 atom stereocenters. The summed E-state index contributed by atoms with van der Waals surface area (Å²) in [5, 5.41) is 0. The van der Waals surface area contributed by atoms with Crippen molar-refractivity contribution in [3.05, 3.63) is 23.3 Å². The highest BCUT2D eigenvalue weighted by Crippen LogP contribution is 2.30. The minimum absolute atomic E-state index is 0.0163. The highest BCUT2D eigenvalue weighted by atomic mass is 16.5. The lowest BCUT2D eigenvalue weighted by Gasteiger charge is -2.14. The fourth-order valence-corrected chi connectivity index (χ4v) is 1.92. The predicted octanol–water partition coefficient (Wildman–Crippen LogP) is 2.40. The number of ether oxygens (including phenoxy) is 3. The minimum Gasteiger partial charge on any atom is -0.497 e. The molecule has 1 rings (SSSR count). The first-order valence-corrected chi connectivity index (χ1v) is 6.51. The molecule has 0 saturated carbocycles. The fraction of sp³-hybridized carbons (Fsp3) is 0.467. The molecule has 0 radical (unpaired) electrons.